The number of aryl methyl sites for hydroxylation is 10. The van der Waals surface area contributed by atoms with Crippen molar-refractivity contribution in [3.05, 3.63) is 430 Å². The highest BCUT2D eigenvalue weighted by molar-refractivity contribution is 7.13. The summed E-state index contributed by atoms with van der Waals surface area (Å²) in [6.45, 7) is 23.3. The molecule has 0 atom stereocenters. The number of aromatic amines is 1. The number of nitrogens with zero attached hydrogens (tertiary/aromatic N) is 5. The highest BCUT2D eigenvalue weighted by Gasteiger charge is 2.29. The molecule has 7 N–H and O–H groups in total. The van der Waals surface area contributed by atoms with Gasteiger partial charge in [-0.15, -0.1) is 11.3 Å². The molecule has 0 aliphatic heterocycles. The van der Waals surface area contributed by atoms with E-state index in [0.29, 0.717) is 80.8 Å². The summed E-state index contributed by atoms with van der Waals surface area (Å²) in [4.78, 5) is 4.13. The molecule has 18 nitrogen and oxygen atoms in total. The Morgan fingerprint density at radius 1 is 0.290 bits per heavy atom. The maximum Gasteiger partial charge on any atom is 0.207 e. The standard InChI is InChI=1S/C24H21ClN2O2.C24H21ClN2O.C22H20ClN3O.C22H19ClN2O2.C22H19ClN2OS/c1-15-9-11-18(12-10-15)26-14-20-23(22-16(2)5-3-8-21(22)25)27-29-24(20)17-6-4-7-19(28)13-17;1-16-11-13-19(14-12-16)26-15-20-23(22-17(2)7-6-10-21(22)25)27-28-24(20)18-8-4-3-5-9-18;1-14-6-8-17(9-7-14)25-13-18-21(20-15(2)4-3-5-19(20)23)26-27-22(18)16-10-11-24-12-16;1-14-8-10-16(11-9-14)24-13-17-21(20-15(2)5-3-6-18(20)23)25-27-22(17)19-7-4-12-26-19;1-14-8-10-16(11-9-14)24-13-17-21(20-15(2)5-3-6-18(20)23)25-26-22(17)19-7-4-12-27-19/h3-13,26,28H,14H2,1-2H3;3-14,26H,15H2,1-2H3;3-12,24-25H,13H2,1-2H3;2*3-12,24H,13H2,1-2H3. The lowest BCUT2D eigenvalue weighted by molar-refractivity contribution is 0.419. The van der Waals surface area contributed by atoms with Crippen molar-refractivity contribution in [3.8, 4) is 118 Å². The van der Waals surface area contributed by atoms with E-state index in [1.54, 1.807) is 35.8 Å². The molecule has 0 radical (unpaired) electrons. The number of aromatic hydroxyl groups is 1. The summed E-state index contributed by atoms with van der Waals surface area (Å²) >= 11 is 34.2. The molecule has 20 aromatic rings. The highest BCUT2D eigenvalue weighted by Crippen LogP contribution is 2.46. The first-order valence-electron chi connectivity index (χ1n) is 44.8. The number of H-pyrrole nitrogens is 1. The molecule has 138 heavy (non-hydrogen) atoms. The Balaban J connectivity index is 0.000000125. The minimum atomic E-state index is 0.173. The number of thiophene rings is 1. The van der Waals surface area contributed by atoms with Gasteiger partial charge in [0.05, 0.1) is 41.8 Å². The first-order valence-corrected chi connectivity index (χ1v) is 47.6. The predicted octanol–water partition coefficient (Wildman–Crippen LogP) is 33.1. The van der Waals surface area contributed by atoms with Crippen LogP contribution < -0.4 is 26.6 Å². The van der Waals surface area contributed by atoms with Gasteiger partial charge in [0.1, 0.15) is 34.2 Å². The summed E-state index contributed by atoms with van der Waals surface area (Å²) in [6.07, 6.45) is 5.39. The first kappa shape index (κ1) is 96.3. The van der Waals surface area contributed by atoms with Gasteiger partial charge in [-0.1, -0.05) is 281 Å². The lowest BCUT2D eigenvalue weighted by Gasteiger charge is -2.11. The van der Waals surface area contributed by atoms with Crippen molar-refractivity contribution >= 4 is 97.8 Å². The van der Waals surface area contributed by atoms with Crippen molar-refractivity contribution < 1.29 is 32.1 Å². The minimum Gasteiger partial charge on any atom is -0.508 e. The third kappa shape index (κ3) is 23.3. The molecule has 0 aliphatic rings. The van der Waals surface area contributed by atoms with E-state index in [-0.39, 0.29) is 5.75 Å². The first-order chi connectivity index (χ1) is 67.0. The fourth-order valence-electron chi connectivity index (χ4n) is 15.9. The van der Waals surface area contributed by atoms with Crippen LogP contribution in [0.2, 0.25) is 25.1 Å². The van der Waals surface area contributed by atoms with Crippen LogP contribution >= 0.6 is 69.3 Å². The van der Waals surface area contributed by atoms with Crippen molar-refractivity contribution in [3.63, 3.8) is 0 Å². The van der Waals surface area contributed by atoms with Gasteiger partial charge in [0.2, 0.25) is 5.76 Å². The largest absolute Gasteiger partial charge is 0.508 e. The molecule has 0 spiro atoms. The van der Waals surface area contributed by atoms with Crippen LogP contribution in [0.25, 0.3) is 112 Å². The zero-order valence-electron chi connectivity index (χ0n) is 77.6. The Bertz CT molecular complexity index is 6930. The zero-order chi connectivity index (χ0) is 96.3. The van der Waals surface area contributed by atoms with Gasteiger partial charge in [-0.05, 0) is 230 Å². The average Bonchev–Trinajstić information content (AvgIpc) is 1.65. The Morgan fingerprint density at radius 3 is 0.899 bits per heavy atom. The van der Waals surface area contributed by atoms with Crippen LogP contribution in [-0.2, 0) is 32.7 Å². The van der Waals surface area contributed by atoms with Crippen LogP contribution in [0.4, 0.5) is 28.4 Å². The highest BCUT2D eigenvalue weighted by atomic mass is 35.5. The number of rotatable bonds is 25. The van der Waals surface area contributed by atoms with E-state index in [0.717, 1.165) is 174 Å². The van der Waals surface area contributed by atoms with E-state index in [9.17, 15) is 5.11 Å². The fourth-order valence-corrected chi connectivity index (χ4v) is 18.2. The molecule has 8 heterocycles. The van der Waals surface area contributed by atoms with Crippen molar-refractivity contribution in [1.82, 2.24) is 30.8 Å². The Morgan fingerprint density at radius 2 is 0.594 bits per heavy atom. The SMILES string of the molecule is Cc1ccc(NCc2c(-c3c(C)cccc3Cl)noc2-c2cc[nH]c2)cc1.Cc1ccc(NCc2c(-c3c(C)cccc3Cl)noc2-c2cccc(O)c2)cc1.Cc1ccc(NCc2c(-c3c(C)cccc3Cl)noc2-c2ccccc2)cc1.Cc1ccc(NCc2c(-c3c(C)cccc3Cl)noc2-c2ccco2)cc1.Cc1ccc(NCc2c(-c3c(C)cccc3Cl)noc2-c2cccs2)cc1. The number of benzene rings is 12. The van der Waals surface area contributed by atoms with Gasteiger partial charge < -0.3 is 63.7 Å². The molecule has 0 unspecified atom stereocenters. The number of aromatic nitrogens is 6. The molecule has 20 rings (SSSR count). The smallest absolute Gasteiger partial charge is 0.207 e. The number of hydrogen-bond acceptors (Lipinski definition) is 18. The number of nitrogens with one attached hydrogen (secondary N) is 6. The van der Waals surface area contributed by atoms with Crippen molar-refractivity contribution in [2.45, 2.75) is 102 Å². The number of hydrogen-bond donors (Lipinski definition) is 7. The molecule has 24 heteroatoms. The van der Waals surface area contributed by atoms with Gasteiger partial charge in [0.25, 0.3) is 0 Å². The Labute approximate surface area is 831 Å². The summed E-state index contributed by atoms with van der Waals surface area (Å²) in [5.74, 6) is 4.31. The number of furan rings is 1. The van der Waals surface area contributed by atoms with E-state index < -0.39 is 0 Å². The second-order valence-corrected chi connectivity index (χ2v) is 36.4. The predicted molar refractivity (Wildman–Crippen MR) is 564 cm³/mol. The summed E-state index contributed by atoms with van der Waals surface area (Å²) in [7, 11) is 0. The third-order valence-electron chi connectivity index (χ3n) is 23.3. The van der Waals surface area contributed by atoms with Gasteiger partial charge in [-0.25, -0.2) is 0 Å². The van der Waals surface area contributed by atoms with Crippen LogP contribution in [0, 0.1) is 69.2 Å². The maximum atomic E-state index is 9.91. The van der Waals surface area contributed by atoms with Crippen molar-refractivity contribution in [1.29, 1.82) is 0 Å². The van der Waals surface area contributed by atoms with Gasteiger partial charge >= 0.3 is 0 Å². The molecule has 12 aromatic carbocycles. The molecule has 0 saturated carbocycles. The molecule has 8 aromatic heterocycles. The number of phenolic OH excluding ortho intramolecular Hbond substituents is 1. The Kier molecular flexibility index (Phi) is 31.6. The van der Waals surface area contributed by atoms with Crippen LogP contribution in [0.15, 0.2) is 348 Å². The lowest BCUT2D eigenvalue weighted by Crippen LogP contribution is -2.02. The normalized spacial score (nSPS) is 10.9. The Hall–Kier alpha value is -14.8. The van der Waals surface area contributed by atoms with Gasteiger partial charge in [-0.3, -0.25) is 0 Å². The molecule has 0 bridgehead atoms. The van der Waals surface area contributed by atoms with Gasteiger partial charge in [0.15, 0.2) is 28.8 Å². The van der Waals surface area contributed by atoms with E-state index in [4.69, 9.17) is 85.0 Å². The summed E-state index contributed by atoms with van der Waals surface area (Å²) in [5, 5.41) is 54.4. The van der Waals surface area contributed by atoms with Crippen LogP contribution in [0.3, 0.4) is 0 Å². The topological polar surface area (TPSA) is 239 Å². The quantitative estimate of drug-likeness (QED) is 0.0281. The van der Waals surface area contributed by atoms with Gasteiger partial charge in [0, 0.05) is 140 Å². The molecule has 0 amide bonds. The van der Waals surface area contributed by atoms with Gasteiger partial charge in [-0.2, -0.15) is 0 Å². The molecular weight excluding hydrogens is 1840 g/mol. The minimum absolute atomic E-state index is 0.173. The van der Waals surface area contributed by atoms with Crippen LogP contribution in [-0.4, -0.2) is 35.9 Å². The second kappa shape index (κ2) is 45.2. The summed E-state index contributed by atoms with van der Waals surface area (Å²) in [5.41, 5.74) is 32.3. The third-order valence-corrected chi connectivity index (χ3v) is 25.8. The summed E-state index contributed by atoms with van der Waals surface area (Å²) in [6, 6.07) is 97.3. The number of anilines is 5. The second-order valence-electron chi connectivity index (χ2n) is 33.4. The average molecular weight is 1950 g/mol. The monoisotopic (exact) mass is 1940 g/mol. The fraction of sp³-hybridized carbons (Fsp3) is 0.132. The number of halogens is 5. The van der Waals surface area contributed by atoms with E-state index in [2.05, 4.69) is 201 Å². The van der Waals surface area contributed by atoms with E-state index in [1.165, 1.54) is 27.8 Å². The zero-order valence-corrected chi connectivity index (χ0v) is 82.2. The molecule has 694 valence electrons. The van der Waals surface area contributed by atoms with Crippen molar-refractivity contribution in [2.24, 2.45) is 0 Å². The summed E-state index contributed by atoms with van der Waals surface area (Å²) < 4.78 is 34.3. The molecule has 0 saturated heterocycles. The van der Waals surface area contributed by atoms with E-state index in [1.807, 2.05) is 222 Å². The number of phenols is 1. The van der Waals surface area contributed by atoms with Crippen LogP contribution in [0.5, 0.6) is 5.75 Å². The molecular formula is C114H100Cl5N11O7S. The van der Waals surface area contributed by atoms with Crippen LogP contribution in [0.1, 0.15) is 83.5 Å². The molecule has 0 aliphatic carbocycles. The molecule has 0 fully saturated rings. The van der Waals surface area contributed by atoms with E-state index >= 15 is 0 Å². The maximum absolute atomic E-state index is 9.91. The van der Waals surface area contributed by atoms with Crippen molar-refractivity contribution in [2.75, 3.05) is 26.6 Å². The lowest BCUT2D eigenvalue weighted by atomic mass is 9.99.